The van der Waals surface area contributed by atoms with E-state index in [1.807, 2.05) is 56.3 Å². The predicted octanol–water partition coefficient (Wildman–Crippen LogP) is 5.71. The van der Waals surface area contributed by atoms with Crippen molar-refractivity contribution in [2.75, 3.05) is 4.90 Å². The van der Waals surface area contributed by atoms with Crippen molar-refractivity contribution in [1.82, 2.24) is 0 Å². The van der Waals surface area contributed by atoms with Gasteiger partial charge < -0.3 is 0 Å². The second kappa shape index (κ2) is 6.17. The van der Waals surface area contributed by atoms with E-state index in [0.717, 1.165) is 33.4 Å². The highest BCUT2D eigenvalue weighted by molar-refractivity contribution is 9.10. The molecule has 0 unspecified atom stereocenters. The largest absolute Gasteiger partial charge is 0.274 e. The van der Waals surface area contributed by atoms with Crippen LogP contribution < -0.4 is 4.90 Å². The maximum absolute atomic E-state index is 14.0. The average molecular weight is 537 g/mol. The van der Waals surface area contributed by atoms with Crippen molar-refractivity contribution in [3.63, 3.8) is 0 Å². The predicted molar refractivity (Wildman–Crippen MR) is 128 cm³/mol. The molecule has 5 heteroatoms. The Morgan fingerprint density at radius 2 is 1.13 bits per heavy atom. The second-order valence-corrected chi connectivity index (χ2v) is 11.3. The first-order valence-corrected chi connectivity index (χ1v) is 11.9. The Labute approximate surface area is 197 Å². The Hall–Kier alpha value is -2.24. The van der Waals surface area contributed by atoms with E-state index in [-0.39, 0.29) is 11.8 Å². The van der Waals surface area contributed by atoms with Crippen LogP contribution in [0.15, 0.2) is 66.7 Å². The van der Waals surface area contributed by atoms with Gasteiger partial charge in [-0.1, -0.05) is 92.5 Å². The second-order valence-electron chi connectivity index (χ2n) is 8.77. The molecule has 31 heavy (non-hydrogen) atoms. The molecule has 1 heterocycles. The molecule has 7 rings (SSSR count). The van der Waals surface area contributed by atoms with E-state index in [2.05, 4.69) is 56.1 Å². The number of nitrogens with zero attached hydrogens (tertiary/aromatic N) is 1. The van der Waals surface area contributed by atoms with Crippen LogP contribution in [0.2, 0.25) is 0 Å². The van der Waals surface area contributed by atoms with Gasteiger partial charge >= 0.3 is 0 Å². The van der Waals surface area contributed by atoms with Crippen LogP contribution in [0.3, 0.4) is 0 Å². The lowest BCUT2D eigenvalue weighted by Gasteiger charge is -2.55. The highest BCUT2D eigenvalue weighted by Gasteiger charge is 2.72. The SMILES string of the molecule is Cc1ccc(C)c(N2C(=O)[C@@H]3[C@H](C2=O)C2(Br)c4ccccc4C3(Br)c3ccccc32)c1. The highest BCUT2D eigenvalue weighted by atomic mass is 79.9. The normalized spacial score (nSPS) is 30.3. The molecule has 3 nitrogen and oxygen atoms in total. The number of benzene rings is 3. The van der Waals surface area contributed by atoms with Crippen LogP contribution in [0, 0.1) is 25.7 Å². The Morgan fingerprint density at radius 1 is 0.710 bits per heavy atom. The lowest BCUT2D eigenvalue weighted by molar-refractivity contribution is -0.122. The lowest BCUT2D eigenvalue weighted by Crippen LogP contribution is -2.56. The summed E-state index contributed by atoms with van der Waals surface area (Å²) in [5.74, 6) is -1.37. The van der Waals surface area contributed by atoms with Crippen molar-refractivity contribution in [2.24, 2.45) is 11.8 Å². The molecule has 0 saturated carbocycles. The minimum Gasteiger partial charge on any atom is -0.274 e. The number of anilines is 1. The number of aryl methyl sites for hydroxylation is 2. The van der Waals surface area contributed by atoms with Crippen molar-refractivity contribution >= 4 is 49.4 Å². The molecule has 2 bridgehead atoms. The van der Waals surface area contributed by atoms with Gasteiger partial charge in [-0.15, -0.1) is 0 Å². The van der Waals surface area contributed by atoms with Gasteiger partial charge in [0.25, 0.3) is 0 Å². The number of alkyl halides is 2. The number of amides is 2. The molecule has 2 atom stereocenters. The zero-order valence-corrected chi connectivity index (χ0v) is 20.2. The maximum Gasteiger partial charge on any atom is 0.239 e. The maximum atomic E-state index is 14.0. The van der Waals surface area contributed by atoms with Gasteiger partial charge in [-0.2, -0.15) is 0 Å². The third-order valence-electron chi connectivity index (χ3n) is 7.19. The van der Waals surface area contributed by atoms with Crippen LogP contribution in [0.5, 0.6) is 0 Å². The molecule has 3 aliphatic carbocycles. The van der Waals surface area contributed by atoms with Crippen LogP contribution in [0.4, 0.5) is 5.69 Å². The Kier molecular flexibility index (Phi) is 3.87. The first-order valence-electron chi connectivity index (χ1n) is 10.3. The van der Waals surface area contributed by atoms with Gasteiger partial charge in [0.15, 0.2) is 0 Å². The van der Waals surface area contributed by atoms with Gasteiger partial charge in [-0.25, -0.2) is 4.90 Å². The van der Waals surface area contributed by atoms with E-state index in [0.29, 0.717) is 5.69 Å². The third-order valence-corrected chi connectivity index (χ3v) is 9.89. The summed E-state index contributed by atoms with van der Waals surface area (Å²) >= 11 is 8.08. The van der Waals surface area contributed by atoms with Crippen LogP contribution >= 0.6 is 31.9 Å². The number of hydrogen-bond acceptors (Lipinski definition) is 2. The zero-order valence-electron chi connectivity index (χ0n) is 17.0. The molecule has 3 aromatic carbocycles. The van der Waals surface area contributed by atoms with E-state index in [1.54, 1.807) is 0 Å². The summed E-state index contributed by atoms with van der Waals surface area (Å²) in [7, 11) is 0. The molecule has 2 amide bonds. The molecular weight excluding hydrogens is 518 g/mol. The number of imide groups is 1. The van der Waals surface area contributed by atoms with Gasteiger partial charge in [-0.3, -0.25) is 9.59 Å². The molecule has 0 aromatic heterocycles. The standard InChI is InChI=1S/C26H19Br2NO2/c1-14-11-12-15(2)20(13-14)29-23(30)21-22(24(29)31)26(28)17-8-4-3-7-16(17)25(21,27)18-9-5-6-10-19(18)26/h3-13,21-22H,1-2H3/t21-,22+,25?,26?. The Balaban J connectivity index is 1.67. The third kappa shape index (κ3) is 2.14. The number of carbonyl (C=O) groups excluding carboxylic acids is 2. The summed E-state index contributed by atoms with van der Waals surface area (Å²) in [5, 5.41) is 0. The van der Waals surface area contributed by atoms with E-state index in [9.17, 15) is 9.59 Å². The molecule has 1 fully saturated rings. The van der Waals surface area contributed by atoms with E-state index in [4.69, 9.17) is 0 Å². The fraction of sp³-hybridized carbons (Fsp3) is 0.231. The number of hydrogen-bond donors (Lipinski definition) is 0. The summed E-state index contributed by atoms with van der Waals surface area (Å²) in [6.45, 7) is 3.93. The van der Waals surface area contributed by atoms with E-state index in [1.165, 1.54) is 4.90 Å². The molecule has 154 valence electrons. The van der Waals surface area contributed by atoms with E-state index < -0.39 is 20.5 Å². The quantitative estimate of drug-likeness (QED) is 0.295. The molecule has 1 aliphatic heterocycles. The first-order chi connectivity index (χ1) is 14.8. The molecule has 1 saturated heterocycles. The molecule has 0 N–H and O–H groups in total. The van der Waals surface area contributed by atoms with Crippen LogP contribution in [-0.2, 0) is 18.2 Å². The van der Waals surface area contributed by atoms with Gasteiger partial charge in [0.05, 0.1) is 26.2 Å². The van der Waals surface area contributed by atoms with Gasteiger partial charge in [0.2, 0.25) is 11.8 Å². The molecule has 3 aromatic rings. The molecular formula is C26H19Br2NO2. The summed E-state index contributed by atoms with van der Waals surface area (Å²) in [4.78, 5) is 29.5. The first kappa shape index (κ1) is 19.4. The van der Waals surface area contributed by atoms with Crippen LogP contribution in [-0.4, -0.2) is 11.8 Å². The number of halogens is 2. The zero-order chi connectivity index (χ0) is 21.7. The van der Waals surface area contributed by atoms with Gasteiger partial charge in [-0.05, 0) is 53.3 Å². The van der Waals surface area contributed by atoms with Crippen molar-refractivity contribution in [3.8, 4) is 0 Å². The minimum absolute atomic E-state index is 0.145. The lowest BCUT2D eigenvalue weighted by atomic mass is 9.54. The molecule has 4 aliphatic rings. The van der Waals surface area contributed by atoms with Gasteiger partial charge in [0.1, 0.15) is 0 Å². The Bertz CT molecular complexity index is 1190. The summed E-state index contributed by atoms with van der Waals surface area (Å²) in [6, 6.07) is 22.2. The fourth-order valence-corrected chi connectivity index (χ4v) is 8.17. The number of carbonyl (C=O) groups is 2. The fourth-order valence-electron chi connectivity index (χ4n) is 5.86. The van der Waals surface area contributed by atoms with Crippen LogP contribution in [0.25, 0.3) is 0 Å². The minimum atomic E-state index is -0.750. The topological polar surface area (TPSA) is 37.4 Å². The molecule has 0 spiro atoms. The van der Waals surface area contributed by atoms with Crippen molar-refractivity contribution in [3.05, 3.63) is 100 Å². The van der Waals surface area contributed by atoms with Crippen molar-refractivity contribution < 1.29 is 9.59 Å². The smallest absolute Gasteiger partial charge is 0.239 e. The Morgan fingerprint density at radius 3 is 1.55 bits per heavy atom. The van der Waals surface area contributed by atoms with Crippen molar-refractivity contribution in [1.29, 1.82) is 0 Å². The monoisotopic (exact) mass is 535 g/mol. The van der Waals surface area contributed by atoms with Crippen LogP contribution in [0.1, 0.15) is 33.4 Å². The van der Waals surface area contributed by atoms with E-state index >= 15 is 0 Å². The van der Waals surface area contributed by atoms with Crippen molar-refractivity contribution in [2.45, 2.75) is 22.5 Å². The molecule has 0 radical (unpaired) electrons. The van der Waals surface area contributed by atoms with Gasteiger partial charge in [0, 0.05) is 0 Å². The number of rotatable bonds is 1. The summed E-state index contributed by atoms with van der Waals surface area (Å²) in [6.07, 6.45) is 0. The highest BCUT2D eigenvalue weighted by Crippen LogP contribution is 2.70. The summed E-state index contributed by atoms with van der Waals surface area (Å²) in [5.41, 5.74) is 6.83. The average Bonchev–Trinajstić information content (AvgIpc) is 3.05. The summed E-state index contributed by atoms with van der Waals surface area (Å²) < 4.78 is -1.50.